The lowest BCUT2D eigenvalue weighted by Crippen LogP contribution is -2.22. The predicted molar refractivity (Wildman–Crippen MR) is 133 cm³/mol. The highest BCUT2D eigenvalue weighted by molar-refractivity contribution is 6.33. The third-order valence-electron chi connectivity index (χ3n) is 4.77. The van der Waals surface area contributed by atoms with Crippen molar-refractivity contribution in [3.05, 3.63) is 87.0 Å². The number of hydrogen-bond donors (Lipinski definition) is 2. The summed E-state index contributed by atoms with van der Waals surface area (Å²) in [7, 11) is 0. The van der Waals surface area contributed by atoms with Gasteiger partial charge in [0.2, 0.25) is 17.1 Å². The van der Waals surface area contributed by atoms with E-state index in [0.717, 1.165) is 0 Å². The van der Waals surface area contributed by atoms with Crippen molar-refractivity contribution in [3.8, 4) is 17.1 Å². The molecule has 1 heterocycles. The second kappa shape index (κ2) is 9.99. The molecule has 7 nitrogen and oxygen atoms in total. The van der Waals surface area contributed by atoms with Crippen LogP contribution >= 0.6 is 23.2 Å². The van der Waals surface area contributed by atoms with E-state index in [1.54, 1.807) is 60.7 Å². The van der Waals surface area contributed by atoms with Crippen LogP contribution in [-0.2, 0) is 9.59 Å². The van der Waals surface area contributed by atoms with Crippen LogP contribution < -0.4 is 20.8 Å². The lowest BCUT2D eigenvalue weighted by Gasteiger charge is -2.13. The number of hydrogen-bond acceptors (Lipinski definition) is 5. The summed E-state index contributed by atoms with van der Waals surface area (Å²) in [5.74, 6) is -0.741. The predicted octanol–water partition coefficient (Wildman–Crippen LogP) is 5.74. The van der Waals surface area contributed by atoms with Gasteiger partial charge in [-0.3, -0.25) is 14.4 Å². The molecule has 0 saturated carbocycles. The van der Waals surface area contributed by atoms with Gasteiger partial charge in [-0.25, -0.2) is 0 Å². The lowest BCUT2D eigenvalue weighted by molar-refractivity contribution is -0.118. The van der Waals surface area contributed by atoms with Gasteiger partial charge in [-0.15, -0.1) is 0 Å². The van der Waals surface area contributed by atoms with Crippen molar-refractivity contribution >= 4 is 57.4 Å². The number of amides is 2. The zero-order chi connectivity index (χ0) is 24.2. The summed E-state index contributed by atoms with van der Waals surface area (Å²) in [5, 5.41) is 6.24. The molecule has 0 spiro atoms. The first-order chi connectivity index (χ1) is 16.3. The Hall–Kier alpha value is -3.81. The molecule has 34 heavy (non-hydrogen) atoms. The van der Waals surface area contributed by atoms with E-state index < -0.39 is 17.9 Å². The fraction of sp³-hybridized carbons (Fsp3) is 0.0800. The van der Waals surface area contributed by atoms with E-state index in [4.69, 9.17) is 32.4 Å². The van der Waals surface area contributed by atoms with E-state index in [-0.39, 0.29) is 22.8 Å². The van der Waals surface area contributed by atoms with E-state index in [9.17, 15) is 14.4 Å². The van der Waals surface area contributed by atoms with Crippen molar-refractivity contribution in [1.82, 2.24) is 0 Å². The van der Waals surface area contributed by atoms with Crippen LogP contribution in [0.4, 0.5) is 11.4 Å². The van der Waals surface area contributed by atoms with E-state index in [1.165, 1.54) is 13.0 Å². The molecular formula is C25H18Cl2N2O5. The monoisotopic (exact) mass is 496 g/mol. The second-order valence-corrected chi connectivity index (χ2v) is 8.15. The molecule has 2 amide bonds. The van der Waals surface area contributed by atoms with Gasteiger partial charge in [-0.05, 0) is 54.6 Å². The van der Waals surface area contributed by atoms with Crippen molar-refractivity contribution in [2.24, 2.45) is 0 Å². The Morgan fingerprint density at radius 3 is 2.29 bits per heavy atom. The molecule has 0 atom stereocenters. The molecule has 0 aliphatic carbocycles. The first-order valence-electron chi connectivity index (χ1n) is 10.1. The minimum absolute atomic E-state index is 0.109. The van der Waals surface area contributed by atoms with Crippen LogP contribution in [0.25, 0.3) is 22.3 Å². The largest absolute Gasteiger partial charge is 0.476 e. The van der Waals surface area contributed by atoms with Gasteiger partial charge in [-0.2, -0.15) is 0 Å². The minimum atomic E-state index is -0.497. The van der Waals surface area contributed by atoms with Crippen molar-refractivity contribution in [2.45, 2.75) is 6.92 Å². The van der Waals surface area contributed by atoms with E-state index >= 15 is 0 Å². The summed E-state index contributed by atoms with van der Waals surface area (Å²) in [6, 6.07) is 18.1. The number of carbonyl (C=O) groups excluding carboxylic acids is 2. The third kappa shape index (κ3) is 5.22. The van der Waals surface area contributed by atoms with Crippen LogP contribution in [-0.4, -0.2) is 18.4 Å². The van der Waals surface area contributed by atoms with Gasteiger partial charge in [0.05, 0.1) is 10.4 Å². The number of benzene rings is 3. The van der Waals surface area contributed by atoms with Gasteiger partial charge >= 0.3 is 0 Å². The summed E-state index contributed by atoms with van der Waals surface area (Å²) in [5.41, 5.74) is 1.36. The maximum absolute atomic E-state index is 13.2. The Bertz CT molecular complexity index is 1450. The number of anilines is 2. The zero-order valence-corrected chi connectivity index (χ0v) is 19.4. The number of ether oxygens (including phenoxy) is 1. The molecule has 0 bridgehead atoms. The van der Waals surface area contributed by atoms with Crippen LogP contribution in [0.2, 0.25) is 10.0 Å². The average molecular weight is 497 g/mol. The smallest absolute Gasteiger partial charge is 0.262 e. The Labute approximate surface area is 204 Å². The van der Waals surface area contributed by atoms with Gasteiger partial charge in [-0.1, -0.05) is 35.3 Å². The normalized spacial score (nSPS) is 10.7. The van der Waals surface area contributed by atoms with Gasteiger partial charge in [0.25, 0.3) is 5.91 Å². The number of fused-ring (bicyclic) bond motifs is 1. The molecule has 4 rings (SSSR count). The van der Waals surface area contributed by atoms with Crippen LogP contribution in [0.3, 0.4) is 0 Å². The number of halogens is 2. The molecule has 0 aliphatic heterocycles. The topological polar surface area (TPSA) is 97.6 Å². The molecule has 0 radical (unpaired) electrons. The summed E-state index contributed by atoms with van der Waals surface area (Å²) in [4.78, 5) is 36.9. The quantitative estimate of drug-likeness (QED) is 0.354. The third-order valence-corrected chi connectivity index (χ3v) is 5.33. The summed E-state index contributed by atoms with van der Waals surface area (Å²) < 4.78 is 11.6. The standard InChI is InChI=1S/C25H18Cl2N2O5/c1-14(30)28-16-7-9-17(10-8-16)29-22(31)13-33-25-23(32)19-12-15(26)6-11-21(19)34-24(25)18-4-2-3-5-20(18)27/h2-12H,13H2,1H3,(H,28,30)(H,29,31). The van der Waals surface area contributed by atoms with Gasteiger partial charge in [0.15, 0.2) is 12.4 Å². The van der Waals surface area contributed by atoms with Crippen LogP contribution in [0, 0.1) is 0 Å². The molecular weight excluding hydrogens is 479 g/mol. The molecule has 0 fully saturated rings. The first kappa shape index (κ1) is 23.4. The van der Waals surface area contributed by atoms with Gasteiger partial charge in [0, 0.05) is 28.9 Å². The van der Waals surface area contributed by atoms with Gasteiger partial charge in [0.1, 0.15) is 5.58 Å². The molecule has 3 aromatic carbocycles. The number of nitrogens with one attached hydrogen (secondary N) is 2. The summed E-state index contributed by atoms with van der Waals surface area (Å²) in [6.07, 6.45) is 0. The SMILES string of the molecule is CC(=O)Nc1ccc(NC(=O)COc2c(-c3ccccc3Cl)oc3ccc(Cl)cc3c2=O)cc1. The fourth-order valence-electron chi connectivity index (χ4n) is 3.28. The maximum Gasteiger partial charge on any atom is 0.262 e. The molecule has 0 unspecified atom stereocenters. The maximum atomic E-state index is 13.2. The highest BCUT2D eigenvalue weighted by Crippen LogP contribution is 2.35. The second-order valence-electron chi connectivity index (χ2n) is 7.31. The number of carbonyl (C=O) groups is 2. The number of rotatable bonds is 6. The Kier molecular flexibility index (Phi) is 6.86. The highest BCUT2D eigenvalue weighted by Gasteiger charge is 2.21. The van der Waals surface area contributed by atoms with Crippen molar-refractivity contribution in [3.63, 3.8) is 0 Å². The fourth-order valence-corrected chi connectivity index (χ4v) is 3.67. The average Bonchev–Trinajstić information content (AvgIpc) is 2.80. The lowest BCUT2D eigenvalue weighted by atomic mass is 10.1. The molecule has 0 saturated heterocycles. The van der Waals surface area contributed by atoms with Crippen molar-refractivity contribution in [2.75, 3.05) is 17.2 Å². The Morgan fingerprint density at radius 1 is 0.941 bits per heavy atom. The highest BCUT2D eigenvalue weighted by atomic mass is 35.5. The molecule has 0 aliphatic rings. The molecule has 4 aromatic rings. The summed E-state index contributed by atoms with van der Waals surface area (Å²) in [6.45, 7) is 0.947. The first-order valence-corrected chi connectivity index (χ1v) is 10.9. The van der Waals surface area contributed by atoms with Gasteiger partial charge < -0.3 is 19.8 Å². The zero-order valence-electron chi connectivity index (χ0n) is 17.9. The van der Waals surface area contributed by atoms with Crippen molar-refractivity contribution in [1.29, 1.82) is 0 Å². The van der Waals surface area contributed by atoms with E-state index in [1.807, 2.05) is 0 Å². The van der Waals surface area contributed by atoms with Crippen LogP contribution in [0.15, 0.2) is 75.9 Å². The molecule has 172 valence electrons. The summed E-state index contributed by atoms with van der Waals surface area (Å²) >= 11 is 12.4. The Morgan fingerprint density at radius 2 is 1.62 bits per heavy atom. The van der Waals surface area contributed by atoms with E-state index in [2.05, 4.69) is 10.6 Å². The van der Waals surface area contributed by atoms with Crippen molar-refractivity contribution < 1.29 is 18.7 Å². The molecule has 2 N–H and O–H groups in total. The molecule has 1 aromatic heterocycles. The van der Waals surface area contributed by atoms with Crippen LogP contribution in [0.5, 0.6) is 5.75 Å². The van der Waals surface area contributed by atoms with Crippen LogP contribution in [0.1, 0.15) is 6.92 Å². The minimum Gasteiger partial charge on any atom is -0.476 e. The molecule has 9 heteroatoms. The van der Waals surface area contributed by atoms with E-state index in [0.29, 0.717) is 32.6 Å². The Balaban J connectivity index is 1.61.